The number of ketones is 1. The Morgan fingerprint density at radius 1 is 1.12 bits per heavy atom. The molecule has 11 nitrogen and oxygen atoms in total. The highest BCUT2D eigenvalue weighted by Gasteiger charge is 2.20. The van der Waals surface area contributed by atoms with E-state index < -0.39 is 28.7 Å². The lowest BCUT2D eigenvalue weighted by atomic mass is 10.0. The van der Waals surface area contributed by atoms with Crippen LogP contribution in [0, 0.1) is 11.6 Å². The number of aliphatic hydroxyl groups excluding tert-OH is 1. The van der Waals surface area contributed by atoms with Gasteiger partial charge in [0.25, 0.3) is 5.56 Å². The van der Waals surface area contributed by atoms with Crippen LogP contribution in [0.3, 0.4) is 0 Å². The lowest BCUT2D eigenvalue weighted by molar-refractivity contribution is 0.0990. The Kier molecular flexibility index (Phi) is 7.93. The molecular formula is C29H26F2N6O5. The molecule has 5 rings (SSSR count). The maximum Gasteiger partial charge on any atom is 0.335 e. The second-order valence-corrected chi connectivity index (χ2v) is 9.53. The van der Waals surface area contributed by atoms with E-state index in [0.29, 0.717) is 16.9 Å². The molecule has 0 amide bonds. The Bertz CT molecular complexity index is 1900. The molecule has 3 aromatic heterocycles. The van der Waals surface area contributed by atoms with Crippen molar-refractivity contribution >= 4 is 22.6 Å². The van der Waals surface area contributed by atoms with Crippen molar-refractivity contribution in [2.75, 3.05) is 11.9 Å². The first-order chi connectivity index (χ1) is 20.2. The van der Waals surface area contributed by atoms with Crippen LogP contribution in [0.15, 0.2) is 70.5 Å². The average Bonchev–Trinajstić information content (AvgIpc) is 3.39. The minimum absolute atomic E-state index is 0.114. The van der Waals surface area contributed by atoms with Crippen LogP contribution < -0.4 is 21.3 Å². The van der Waals surface area contributed by atoms with Gasteiger partial charge in [0.05, 0.1) is 12.3 Å². The van der Waals surface area contributed by atoms with Gasteiger partial charge in [0, 0.05) is 37.5 Å². The van der Waals surface area contributed by atoms with Gasteiger partial charge < -0.3 is 15.2 Å². The molecule has 42 heavy (non-hydrogen) atoms. The number of nitrogens with zero attached hydrogens (tertiary/aromatic N) is 4. The third-order valence-corrected chi connectivity index (χ3v) is 6.54. The van der Waals surface area contributed by atoms with Gasteiger partial charge in [-0.25, -0.2) is 23.1 Å². The summed E-state index contributed by atoms with van der Waals surface area (Å²) in [5.74, 6) is -1.43. The predicted molar refractivity (Wildman–Crippen MR) is 150 cm³/mol. The number of aromatic nitrogens is 5. The molecule has 216 valence electrons. The smallest absolute Gasteiger partial charge is 0.335 e. The molecule has 2 aromatic carbocycles. The number of nitrogens with one attached hydrogen (secondary N) is 2. The third-order valence-electron chi connectivity index (χ3n) is 6.54. The molecule has 1 atom stereocenters. The highest BCUT2D eigenvalue weighted by Crippen LogP contribution is 2.34. The number of carbonyl (C=O) groups excluding carboxylic acids is 1. The van der Waals surface area contributed by atoms with Crippen LogP contribution in [0.2, 0.25) is 0 Å². The van der Waals surface area contributed by atoms with Crippen molar-refractivity contribution in [2.24, 2.45) is 0 Å². The van der Waals surface area contributed by atoms with E-state index in [1.807, 2.05) is 0 Å². The van der Waals surface area contributed by atoms with Crippen LogP contribution in [-0.4, -0.2) is 47.9 Å². The van der Waals surface area contributed by atoms with Gasteiger partial charge in [-0.3, -0.25) is 19.3 Å². The van der Waals surface area contributed by atoms with Gasteiger partial charge in [0.2, 0.25) is 0 Å². The average molecular weight is 577 g/mol. The van der Waals surface area contributed by atoms with Gasteiger partial charge in [0.1, 0.15) is 22.5 Å². The summed E-state index contributed by atoms with van der Waals surface area (Å²) in [6.45, 7) is 3.47. The Balaban J connectivity index is 1.42. The molecule has 0 radical (unpaired) electrons. The first-order valence-electron chi connectivity index (χ1n) is 13.0. The van der Waals surface area contributed by atoms with E-state index in [-0.39, 0.29) is 53.9 Å². The van der Waals surface area contributed by atoms with E-state index in [1.54, 1.807) is 19.9 Å². The van der Waals surface area contributed by atoms with Crippen LogP contribution in [0.1, 0.15) is 29.8 Å². The second-order valence-electron chi connectivity index (χ2n) is 9.53. The van der Waals surface area contributed by atoms with Gasteiger partial charge >= 0.3 is 5.69 Å². The normalized spacial score (nSPS) is 11.9. The van der Waals surface area contributed by atoms with Crippen LogP contribution in [0.25, 0.3) is 16.7 Å². The molecule has 0 unspecified atom stereocenters. The van der Waals surface area contributed by atoms with Crippen molar-refractivity contribution in [2.45, 2.75) is 32.9 Å². The molecule has 0 saturated carbocycles. The van der Waals surface area contributed by atoms with Crippen molar-refractivity contribution in [1.29, 1.82) is 0 Å². The molecular weight excluding hydrogens is 550 g/mol. The summed E-state index contributed by atoms with van der Waals surface area (Å²) in [6, 6.07) is 9.96. The highest BCUT2D eigenvalue weighted by atomic mass is 19.1. The Labute approximate surface area is 237 Å². The number of halogens is 2. The zero-order valence-corrected chi connectivity index (χ0v) is 22.6. The zero-order chi connectivity index (χ0) is 30.0. The van der Waals surface area contributed by atoms with Crippen LogP contribution in [-0.2, 0) is 13.0 Å². The molecule has 0 fully saturated rings. The number of hydrogen-bond acceptors (Lipinski definition) is 8. The van der Waals surface area contributed by atoms with E-state index in [2.05, 4.69) is 20.5 Å². The molecule has 0 aliphatic carbocycles. The van der Waals surface area contributed by atoms with Crippen molar-refractivity contribution in [1.82, 2.24) is 24.3 Å². The standard InChI is InChI=1S/C29H26F2N6O5/c1-3-36-14-20(28(40)37(29(36)41)19-7-5-18(30)6-8-19)22(39)13-17-4-9-23(21(31)12-17)42-24-10-11-32-26-25(24)27(35-34-26)33-16(2)15-38/h4-12,14,16,38H,3,13,15H2,1-2H3,(H2,32,33,34,35)/t16-/m0/s1. The van der Waals surface area contributed by atoms with Crippen LogP contribution in [0.4, 0.5) is 14.6 Å². The van der Waals surface area contributed by atoms with Crippen LogP contribution in [0.5, 0.6) is 11.5 Å². The summed E-state index contributed by atoms with van der Waals surface area (Å²) in [7, 11) is 0. The number of carbonyl (C=O) groups is 1. The maximum atomic E-state index is 15.2. The molecule has 0 spiro atoms. The minimum atomic E-state index is -0.858. The SMILES string of the molecule is CCn1cc(C(=O)Cc2ccc(Oc3ccnc4[nH]nc(N[C@@H](C)CO)c34)c(F)c2)c(=O)n(-c2ccc(F)cc2)c1=O. The number of anilines is 1. The molecule has 0 aliphatic heterocycles. The predicted octanol–water partition coefficient (Wildman–Crippen LogP) is 3.58. The summed E-state index contributed by atoms with van der Waals surface area (Å²) in [5.41, 5.74) is -1.02. The summed E-state index contributed by atoms with van der Waals surface area (Å²) < 4.78 is 36.5. The van der Waals surface area contributed by atoms with Crippen LogP contribution >= 0.6 is 0 Å². The monoisotopic (exact) mass is 576 g/mol. The summed E-state index contributed by atoms with van der Waals surface area (Å²) in [4.78, 5) is 43.5. The van der Waals surface area contributed by atoms with Gasteiger partial charge in [0.15, 0.2) is 28.8 Å². The summed E-state index contributed by atoms with van der Waals surface area (Å²) >= 11 is 0. The maximum absolute atomic E-state index is 15.2. The third kappa shape index (κ3) is 5.54. The fraction of sp³-hybridized carbons (Fsp3) is 0.207. The molecule has 0 aliphatic rings. The van der Waals surface area contributed by atoms with Gasteiger partial charge in [-0.1, -0.05) is 6.07 Å². The van der Waals surface area contributed by atoms with Crippen molar-refractivity contribution in [3.63, 3.8) is 0 Å². The number of hydrogen-bond donors (Lipinski definition) is 3. The fourth-order valence-corrected chi connectivity index (χ4v) is 4.36. The Morgan fingerprint density at radius 2 is 1.88 bits per heavy atom. The largest absolute Gasteiger partial charge is 0.453 e. The quantitative estimate of drug-likeness (QED) is 0.214. The Hall–Kier alpha value is -5.17. The number of rotatable bonds is 10. The van der Waals surface area contributed by atoms with E-state index in [4.69, 9.17) is 4.74 Å². The molecule has 0 bridgehead atoms. The van der Waals surface area contributed by atoms with Crippen molar-refractivity contribution in [3.8, 4) is 17.2 Å². The number of fused-ring (bicyclic) bond motifs is 1. The first kappa shape index (κ1) is 28.4. The van der Waals surface area contributed by atoms with Gasteiger partial charge in [-0.15, -0.1) is 0 Å². The number of aliphatic hydroxyl groups is 1. The minimum Gasteiger partial charge on any atom is -0.453 e. The molecule has 5 aromatic rings. The topological polar surface area (TPSA) is 144 Å². The summed E-state index contributed by atoms with van der Waals surface area (Å²) in [5, 5.41) is 19.8. The lowest BCUT2D eigenvalue weighted by Gasteiger charge is -2.13. The number of benzene rings is 2. The highest BCUT2D eigenvalue weighted by molar-refractivity contribution is 5.97. The molecule has 13 heteroatoms. The summed E-state index contributed by atoms with van der Waals surface area (Å²) in [6.07, 6.45) is 2.32. The molecule has 3 N–H and O–H groups in total. The van der Waals surface area contributed by atoms with Crippen molar-refractivity contribution in [3.05, 3.63) is 105 Å². The van der Waals surface area contributed by atoms with E-state index in [0.717, 1.165) is 22.8 Å². The number of H-pyrrole nitrogens is 1. The van der Waals surface area contributed by atoms with Crippen molar-refractivity contribution < 1.29 is 23.4 Å². The lowest BCUT2D eigenvalue weighted by Crippen LogP contribution is -2.41. The van der Waals surface area contributed by atoms with E-state index in [9.17, 15) is 23.9 Å². The second kappa shape index (κ2) is 11.7. The molecule has 0 saturated heterocycles. The number of aryl methyl sites for hydroxylation is 1. The number of aromatic amines is 1. The number of ether oxygens (including phenoxy) is 1. The van der Waals surface area contributed by atoms with E-state index in [1.165, 1.54) is 41.2 Å². The Morgan fingerprint density at radius 3 is 2.57 bits per heavy atom. The first-order valence-corrected chi connectivity index (χ1v) is 13.0. The van der Waals surface area contributed by atoms with Gasteiger partial charge in [-0.05, 0) is 55.8 Å². The fourth-order valence-electron chi connectivity index (χ4n) is 4.36. The van der Waals surface area contributed by atoms with Gasteiger partial charge in [-0.2, -0.15) is 5.10 Å². The van der Waals surface area contributed by atoms with E-state index >= 15 is 4.39 Å². The number of pyridine rings is 1. The zero-order valence-electron chi connectivity index (χ0n) is 22.6. The number of Topliss-reactive ketones (excluding diaryl/α,β-unsaturated/α-hetero) is 1. The molecule has 3 heterocycles.